The highest BCUT2D eigenvalue weighted by atomic mass is 79.9. The average molecular weight is 281 g/mol. The molecule has 1 N–H and O–H groups in total. The maximum Gasteiger partial charge on any atom is 0.186 e. The van der Waals surface area contributed by atoms with E-state index in [2.05, 4.69) is 26.2 Å². The van der Waals surface area contributed by atoms with Crippen LogP contribution in [0.3, 0.4) is 0 Å². The van der Waals surface area contributed by atoms with Crippen LogP contribution in [0.1, 0.15) is 12.8 Å². The fourth-order valence-corrected chi connectivity index (χ4v) is 1.74. The van der Waals surface area contributed by atoms with E-state index in [1.807, 2.05) is 18.2 Å². The molecule has 5 heteroatoms. The van der Waals surface area contributed by atoms with Crippen LogP contribution in [0.4, 0.5) is 5.69 Å². The van der Waals surface area contributed by atoms with Gasteiger partial charge in [0.15, 0.2) is 11.5 Å². The van der Waals surface area contributed by atoms with Crippen molar-refractivity contribution in [2.45, 2.75) is 12.8 Å². The Hall–Kier alpha value is -1.49. The van der Waals surface area contributed by atoms with E-state index in [1.165, 1.54) is 0 Å². The average Bonchev–Trinajstić information content (AvgIpc) is 2.58. The molecule has 1 aliphatic rings. The van der Waals surface area contributed by atoms with E-state index in [-0.39, 0.29) is 17.2 Å². The number of aliphatic hydroxyl groups excluding tert-OH is 1. The van der Waals surface area contributed by atoms with Gasteiger partial charge in [-0.3, -0.25) is 4.79 Å². The molecule has 0 atom stereocenters. The number of rotatable bonds is 2. The van der Waals surface area contributed by atoms with Crippen molar-refractivity contribution in [2.75, 3.05) is 0 Å². The number of benzene rings is 1. The summed E-state index contributed by atoms with van der Waals surface area (Å²) in [5.74, 6) is -0.130. The van der Waals surface area contributed by atoms with Crippen LogP contribution in [0.25, 0.3) is 0 Å². The largest absolute Gasteiger partial charge is 0.510 e. The van der Waals surface area contributed by atoms with Crippen molar-refractivity contribution in [1.82, 2.24) is 0 Å². The summed E-state index contributed by atoms with van der Waals surface area (Å²) in [6.07, 6.45) is 0.680. The summed E-state index contributed by atoms with van der Waals surface area (Å²) in [6.45, 7) is 0. The molecule has 4 nitrogen and oxygen atoms in total. The van der Waals surface area contributed by atoms with Gasteiger partial charge in [0.05, 0.1) is 5.69 Å². The zero-order valence-corrected chi connectivity index (χ0v) is 9.94. The first kappa shape index (κ1) is 11.0. The zero-order chi connectivity index (χ0) is 11.5. The van der Waals surface area contributed by atoms with Gasteiger partial charge in [0, 0.05) is 17.3 Å². The number of aliphatic hydroxyl groups is 1. The number of halogens is 1. The second-order valence-electron chi connectivity index (χ2n) is 3.37. The van der Waals surface area contributed by atoms with E-state index in [0.717, 1.165) is 4.47 Å². The normalized spacial score (nSPS) is 16.4. The fourth-order valence-electron chi connectivity index (χ4n) is 1.38. The van der Waals surface area contributed by atoms with E-state index in [9.17, 15) is 9.90 Å². The van der Waals surface area contributed by atoms with Crippen molar-refractivity contribution in [1.29, 1.82) is 0 Å². The number of hydrogen-bond donors (Lipinski definition) is 1. The van der Waals surface area contributed by atoms with E-state index in [4.69, 9.17) is 0 Å². The Morgan fingerprint density at radius 3 is 2.56 bits per heavy atom. The second kappa shape index (κ2) is 4.57. The first-order valence-corrected chi connectivity index (χ1v) is 5.59. The summed E-state index contributed by atoms with van der Waals surface area (Å²) in [7, 11) is 0. The smallest absolute Gasteiger partial charge is 0.186 e. The third kappa shape index (κ3) is 2.19. The molecule has 0 heterocycles. The molecule has 0 amide bonds. The summed E-state index contributed by atoms with van der Waals surface area (Å²) < 4.78 is 0.796. The van der Waals surface area contributed by atoms with Crippen LogP contribution < -0.4 is 0 Å². The minimum absolute atomic E-state index is 0.0285. The second-order valence-corrected chi connectivity index (χ2v) is 4.22. The van der Waals surface area contributed by atoms with Gasteiger partial charge in [0.25, 0.3) is 0 Å². The Morgan fingerprint density at radius 1 is 1.19 bits per heavy atom. The Bertz CT molecular complexity index is 495. The van der Waals surface area contributed by atoms with Crippen molar-refractivity contribution < 1.29 is 9.90 Å². The zero-order valence-electron chi connectivity index (χ0n) is 8.35. The predicted molar refractivity (Wildman–Crippen MR) is 62.6 cm³/mol. The summed E-state index contributed by atoms with van der Waals surface area (Å²) in [5.41, 5.74) is 0.707. The Kier molecular flexibility index (Phi) is 3.14. The lowest BCUT2D eigenvalue weighted by Crippen LogP contribution is -1.92. The van der Waals surface area contributed by atoms with E-state index in [0.29, 0.717) is 18.5 Å². The number of ketones is 1. The molecule has 2 rings (SSSR count). The van der Waals surface area contributed by atoms with Crippen molar-refractivity contribution >= 4 is 27.4 Å². The molecule has 0 saturated carbocycles. The van der Waals surface area contributed by atoms with Crippen LogP contribution in [-0.2, 0) is 4.79 Å². The molecule has 0 fully saturated rings. The topological polar surface area (TPSA) is 62.0 Å². The van der Waals surface area contributed by atoms with Gasteiger partial charge >= 0.3 is 0 Å². The van der Waals surface area contributed by atoms with Gasteiger partial charge in [-0.25, -0.2) is 0 Å². The van der Waals surface area contributed by atoms with Gasteiger partial charge in [0.1, 0.15) is 5.76 Å². The number of hydrogen-bond acceptors (Lipinski definition) is 4. The molecule has 0 aromatic heterocycles. The third-order valence-corrected chi connectivity index (χ3v) is 2.91. The standard InChI is InChI=1S/C11H9BrN2O2/c12-7-3-1-2-4-8(7)13-14-11-9(15)5-6-10(11)16/h1-4,15H,5-6H2. The first-order chi connectivity index (χ1) is 7.68. The number of carbonyl (C=O) groups excluding carboxylic acids is 1. The fraction of sp³-hybridized carbons (Fsp3) is 0.182. The minimum atomic E-state index is -0.159. The molecule has 0 spiro atoms. The first-order valence-electron chi connectivity index (χ1n) is 4.80. The number of Topliss-reactive ketones (excluding diaryl/α,β-unsaturated/α-hetero) is 1. The molecule has 1 aliphatic carbocycles. The number of nitrogens with zero attached hydrogens (tertiary/aromatic N) is 2. The van der Waals surface area contributed by atoms with Crippen molar-refractivity contribution in [3.05, 3.63) is 40.2 Å². The van der Waals surface area contributed by atoms with Crippen LogP contribution in [-0.4, -0.2) is 10.9 Å². The van der Waals surface area contributed by atoms with Gasteiger partial charge < -0.3 is 5.11 Å². The number of allylic oxidation sites excluding steroid dienone is 2. The molecule has 1 aromatic carbocycles. The van der Waals surface area contributed by atoms with E-state index >= 15 is 0 Å². The van der Waals surface area contributed by atoms with Crippen LogP contribution >= 0.6 is 15.9 Å². The molecule has 0 saturated heterocycles. The molecule has 0 aliphatic heterocycles. The Balaban J connectivity index is 2.25. The summed E-state index contributed by atoms with van der Waals surface area (Å²) in [6, 6.07) is 7.29. The van der Waals surface area contributed by atoms with Gasteiger partial charge in [-0.2, -0.15) is 0 Å². The van der Waals surface area contributed by atoms with Crippen molar-refractivity contribution in [3.8, 4) is 0 Å². The maximum atomic E-state index is 11.3. The minimum Gasteiger partial charge on any atom is -0.510 e. The summed E-state index contributed by atoms with van der Waals surface area (Å²) in [5, 5.41) is 17.1. The molecule has 0 bridgehead atoms. The van der Waals surface area contributed by atoms with E-state index < -0.39 is 0 Å². The summed E-state index contributed by atoms with van der Waals surface area (Å²) >= 11 is 3.32. The quantitative estimate of drug-likeness (QED) is 0.841. The van der Waals surface area contributed by atoms with Crippen LogP contribution in [0.15, 0.2) is 50.4 Å². The SMILES string of the molecule is O=C1CCC(O)=C1N=Nc1ccccc1Br. The highest BCUT2D eigenvalue weighted by Gasteiger charge is 2.22. The Labute approximate surface area is 101 Å². The monoisotopic (exact) mass is 280 g/mol. The molecule has 0 unspecified atom stereocenters. The van der Waals surface area contributed by atoms with Crippen LogP contribution in [0.2, 0.25) is 0 Å². The third-order valence-electron chi connectivity index (χ3n) is 2.24. The maximum absolute atomic E-state index is 11.3. The lowest BCUT2D eigenvalue weighted by Gasteiger charge is -1.95. The van der Waals surface area contributed by atoms with Crippen molar-refractivity contribution in [2.24, 2.45) is 10.2 Å². The molecular formula is C11H9BrN2O2. The molecular weight excluding hydrogens is 272 g/mol. The number of carbonyl (C=O) groups is 1. The molecule has 16 heavy (non-hydrogen) atoms. The molecule has 1 aromatic rings. The number of azo groups is 1. The highest BCUT2D eigenvalue weighted by molar-refractivity contribution is 9.10. The van der Waals surface area contributed by atoms with Crippen LogP contribution in [0, 0.1) is 0 Å². The van der Waals surface area contributed by atoms with Gasteiger partial charge in [-0.15, -0.1) is 10.2 Å². The van der Waals surface area contributed by atoms with E-state index in [1.54, 1.807) is 6.07 Å². The molecule has 82 valence electrons. The van der Waals surface area contributed by atoms with Gasteiger partial charge in [-0.1, -0.05) is 12.1 Å². The van der Waals surface area contributed by atoms with Crippen molar-refractivity contribution in [3.63, 3.8) is 0 Å². The van der Waals surface area contributed by atoms with Gasteiger partial charge in [0.2, 0.25) is 0 Å². The predicted octanol–water partition coefficient (Wildman–Crippen LogP) is 3.67. The lowest BCUT2D eigenvalue weighted by atomic mass is 10.3. The lowest BCUT2D eigenvalue weighted by molar-refractivity contribution is -0.114. The molecule has 0 radical (unpaired) electrons. The Morgan fingerprint density at radius 2 is 1.94 bits per heavy atom. The summed E-state index contributed by atoms with van der Waals surface area (Å²) in [4.78, 5) is 11.3. The van der Waals surface area contributed by atoms with Gasteiger partial charge in [-0.05, 0) is 28.1 Å². The van der Waals surface area contributed by atoms with Crippen LogP contribution in [0.5, 0.6) is 0 Å². The highest BCUT2D eigenvalue weighted by Crippen LogP contribution is 2.27.